The van der Waals surface area contributed by atoms with Crippen LogP contribution in [0.3, 0.4) is 0 Å². The van der Waals surface area contributed by atoms with Crippen molar-refractivity contribution in [2.45, 2.75) is 6.42 Å². The second-order valence-electron chi connectivity index (χ2n) is 5.64. The average molecular weight is 392 g/mol. The molecule has 0 spiro atoms. The molecule has 0 fully saturated rings. The van der Waals surface area contributed by atoms with Gasteiger partial charge in [-0.3, -0.25) is 14.5 Å². The maximum atomic E-state index is 12.2. The first-order chi connectivity index (χ1) is 12.5. The quantitative estimate of drug-likeness (QED) is 0.600. The third kappa shape index (κ3) is 3.66. The van der Waals surface area contributed by atoms with Crippen molar-refractivity contribution in [3.05, 3.63) is 63.6 Å². The number of urea groups is 1. The Labute approximate surface area is 160 Å². The Morgan fingerprint density at radius 3 is 2.08 bits per heavy atom. The summed E-state index contributed by atoms with van der Waals surface area (Å²) in [6.45, 7) is 0.501. The van der Waals surface area contributed by atoms with E-state index in [9.17, 15) is 14.4 Å². The summed E-state index contributed by atoms with van der Waals surface area (Å²) in [5.74, 6) is -0.615. The molecule has 134 valence electrons. The number of benzene rings is 2. The molecular weight excluding hydrogens is 377 g/mol. The topological polar surface area (TPSA) is 78.5 Å². The average Bonchev–Trinajstić information content (AvgIpc) is 2.87. The van der Waals surface area contributed by atoms with Gasteiger partial charge in [0.15, 0.2) is 0 Å². The number of amides is 4. The number of carbonyl (C=O) groups is 3. The highest BCUT2D eigenvalue weighted by Crippen LogP contribution is 2.29. The van der Waals surface area contributed by atoms with Crippen molar-refractivity contribution in [2.24, 2.45) is 0 Å². The molecule has 8 heteroatoms. The molecule has 0 saturated heterocycles. The first-order valence-electron chi connectivity index (χ1n) is 7.93. The molecule has 1 heterocycles. The summed E-state index contributed by atoms with van der Waals surface area (Å²) in [5.41, 5.74) is 1.15. The smallest absolute Gasteiger partial charge is 0.319 e. The Morgan fingerprint density at radius 1 is 0.923 bits per heavy atom. The number of hydrogen-bond donors (Lipinski definition) is 2. The molecule has 2 N–H and O–H groups in total. The fraction of sp³-hybridized carbons (Fsp3) is 0.167. The SMILES string of the molecule is O=C(NCCCN1C(=O)c2ccccc2C1=O)Nc1c(Cl)cccc1Cl. The molecule has 0 radical (unpaired) electrons. The molecule has 0 aliphatic carbocycles. The molecule has 3 rings (SSSR count). The first kappa shape index (κ1) is 18.2. The lowest BCUT2D eigenvalue weighted by Gasteiger charge is -2.14. The Hall–Kier alpha value is -2.57. The molecule has 0 atom stereocenters. The fourth-order valence-electron chi connectivity index (χ4n) is 2.66. The van der Waals surface area contributed by atoms with Gasteiger partial charge in [-0.25, -0.2) is 4.79 Å². The number of nitrogens with one attached hydrogen (secondary N) is 2. The summed E-state index contributed by atoms with van der Waals surface area (Å²) in [7, 11) is 0. The van der Waals surface area contributed by atoms with Crippen LogP contribution in [-0.2, 0) is 0 Å². The van der Waals surface area contributed by atoms with E-state index in [4.69, 9.17) is 23.2 Å². The number of para-hydroxylation sites is 1. The molecular formula is C18H15Cl2N3O3. The van der Waals surface area contributed by atoms with Crippen LogP contribution in [0.2, 0.25) is 10.0 Å². The van der Waals surface area contributed by atoms with Crippen molar-refractivity contribution in [1.29, 1.82) is 0 Å². The highest BCUT2D eigenvalue weighted by atomic mass is 35.5. The van der Waals surface area contributed by atoms with E-state index in [-0.39, 0.29) is 24.9 Å². The number of imide groups is 1. The number of rotatable bonds is 5. The van der Waals surface area contributed by atoms with Crippen LogP contribution in [0.25, 0.3) is 0 Å². The highest BCUT2D eigenvalue weighted by molar-refractivity contribution is 6.39. The van der Waals surface area contributed by atoms with Gasteiger partial charge in [-0.15, -0.1) is 0 Å². The standard InChI is InChI=1S/C18H15Cl2N3O3/c19-13-7-3-8-14(20)15(13)22-18(26)21-9-4-10-23-16(24)11-5-1-2-6-12(11)17(23)25/h1-3,5-8H,4,9-10H2,(H2,21,22,26). The van der Waals surface area contributed by atoms with Crippen LogP contribution in [0.1, 0.15) is 27.1 Å². The van der Waals surface area contributed by atoms with Crippen molar-refractivity contribution in [1.82, 2.24) is 10.2 Å². The van der Waals surface area contributed by atoms with Crippen LogP contribution < -0.4 is 10.6 Å². The van der Waals surface area contributed by atoms with Gasteiger partial charge in [0.1, 0.15) is 0 Å². The van der Waals surface area contributed by atoms with Gasteiger partial charge in [-0.2, -0.15) is 0 Å². The normalized spacial score (nSPS) is 12.9. The van der Waals surface area contributed by atoms with E-state index < -0.39 is 6.03 Å². The number of halogens is 2. The summed E-state index contributed by atoms with van der Waals surface area (Å²) in [5, 5.41) is 5.89. The maximum Gasteiger partial charge on any atom is 0.319 e. The fourth-order valence-corrected chi connectivity index (χ4v) is 3.15. The lowest BCUT2D eigenvalue weighted by Crippen LogP contribution is -2.35. The first-order valence-corrected chi connectivity index (χ1v) is 8.68. The van der Waals surface area contributed by atoms with Gasteiger partial charge >= 0.3 is 6.03 Å². The van der Waals surface area contributed by atoms with E-state index in [0.717, 1.165) is 0 Å². The van der Waals surface area contributed by atoms with Crippen molar-refractivity contribution >= 4 is 46.7 Å². The van der Waals surface area contributed by atoms with E-state index >= 15 is 0 Å². The van der Waals surface area contributed by atoms with Crippen molar-refractivity contribution in [2.75, 3.05) is 18.4 Å². The third-order valence-corrected chi connectivity index (χ3v) is 4.55. The molecule has 1 aliphatic rings. The summed E-state index contributed by atoms with van der Waals surface area (Å²) in [4.78, 5) is 37.6. The van der Waals surface area contributed by atoms with Crippen molar-refractivity contribution in [3.63, 3.8) is 0 Å². The zero-order valence-electron chi connectivity index (χ0n) is 13.6. The van der Waals surface area contributed by atoms with Crippen LogP contribution in [0, 0.1) is 0 Å². The molecule has 1 aliphatic heterocycles. The molecule has 0 bridgehead atoms. The minimum absolute atomic E-state index is 0.222. The molecule has 4 amide bonds. The monoisotopic (exact) mass is 391 g/mol. The zero-order valence-corrected chi connectivity index (χ0v) is 15.1. The predicted octanol–water partition coefficient (Wildman–Crippen LogP) is 3.80. The highest BCUT2D eigenvalue weighted by Gasteiger charge is 2.34. The lowest BCUT2D eigenvalue weighted by molar-refractivity contribution is 0.0653. The van der Waals surface area contributed by atoms with Gasteiger partial charge in [0, 0.05) is 13.1 Å². The Bertz CT molecular complexity index is 830. The molecule has 0 aromatic heterocycles. The van der Waals surface area contributed by atoms with Gasteiger partial charge in [-0.1, -0.05) is 41.4 Å². The third-order valence-electron chi connectivity index (χ3n) is 3.92. The molecule has 0 saturated carbocycles. The van der Waals surface area contributed by atoms with Gasteiger partial charge in [0.05, 0.1) is 26.9 Å². The summed E-state index contributed by atoms with van der Waals surface area (Å²) < 4.78 is 0. The van der Waals surface area contributed by atoms with E-state index in [1.54, 1.807) is 42.5 Å². The Kier molecular flexibility index (Phi) is 5.44. The number of anilines is 1. The Morgan fingerprint density at radius 2 is 1.50 bits per heavy atom. The van der Waals surface area contributed by atoms with Gasteiger partial charge < -0.3 is 10.6 Å². The van der Waals surface area contributed by atoms with Gasteiger partial charge in [0.25, 0.3) is 11.8 Å². The minimum Gasteiger partial charge on any atom is -0.338 e. The molecule has 0 unspecified atom stereocenters. The molecule has 26 heavy (non-hydrogen) atoms. The van der Waals surface area contributed by atoms with E-state index in [1.807, 2.05) is 0 Å². The number of hydrogen-bond acceptors (Lipinski definition) is 3. The number of carbonyl (C=O) groups excluding carboxylic acids is 3. The molecule has 2 aromatic rings. The lowest BCUT2D eigenvalue weighted by atomic mass is 10.1. The second kappa shape index (κ2) is 7.76. The number of nitrogens with zero attached hydrogens (tertiary/aromatic N) is 1. The van der Waals surface area contributed by atoms with Crippen LogP contribution in [0.4, 0.5) is 10.5 Å². The Balaban J connectivity index is 1.48. The molecule has 2 aromatic carbocycles. The van der Waals surface area contributed by atoms with Crippen LogP contribution in [-0.4, -0.2) is 35.8 Å². The van der Waals surface area contributed by atoms with E-state index in [1.165, 1.54) is 4.90 Å². The second-order valence-corrected chi connectivity index (χ2v) is 6.45. The number of fused-ring (bicyclic) bond motifs is 1. The molecule has 6 nitrogen and oxygen atoms in total. The predicted molar refractivity (Wildman–Crippen MR) is 99.9 cm³/mol. The summed E-state index contributed by atoms with van der Waals surface area (Å²) in [6.07, 6.45) is 0.426. The minimum atomic E-state index is -0.470. The van der Waals surface area contributed by atoms with Crippen molar-refractivity contribution in [3.8, 4) is 0 Å². The summed E-state index contributed by atoms with van der Waals surface area (Å²) in [6, 6.07) is 11.1. The van der Waals surface area contributed by atoms with Crippen LogP contribution in [0.5, 0.6) is 0 Å². The van der Waals surface area contributed by atoms with Crippen molar-refractivity contribution < 1.29 is 14.4 Å². The van der Waals surface area contributed by atoms with Crippen LogP contribution >= 0.6 is 23.2 Å². The van der Waals surface area contributed by atoms with Crippen LogP contribution in [0.15, 0.2) is 42.5 Å². The van der Waals surface area contributed by atoms with E-state index in [0.29, 0.717) is 33.3 Å². The zero-order chi connectivity index (χ0) is 18.7. The summed E-state index contributed by atoms with van der Waals surface area (Å²) >= 11 is 12.0. The maximum absolute atomic E-state index is 12.2. The van der Waals surface area contributed by atoms with Gasteiger partial charge in [-0.05, 0) is 30.7 Å². The van der Waals surface area contributed by atoms with E-state index in [2.05, 4.69) is 10.6 Å². The largest absolute Gasteiger partial charge is 0.338 e. The van der Waals surface area contributed by atoms with Gasteiger partial charge in [0.2, 0.25) is 0 Å².